The first-order valence-corrected chi connectivity index (χ1v) is 16.2. The van der Waals surface area contributed by atoms with Gasteiger partial charge in [0, 0.05) is 46.9 Å². The second kappa shape index (κ2) is 11.3. The maximum atomic E-state index is 17.3. The van der Waals surface area contributed by atoms with Crippen LogP contribution in [0.5, 0.6) is 6.01 Å². The molecule has 3 N–H and O–H groups in total. The molecule has 6 heterocycles. The summed E-state index contributed by atoms with van der Waals surface area (Å²) in [6, 6.07) is 5.21. The molecule has 0 spiro atoms. The van der Waals surface area contributed by atoms with Crippen LogP contribution in [0.15, 0.2) is 12.1 Å². The van der Waals surface area contributed by atoms with E-state index in [1.165, 1.54) is 17.4 Å². The van der Waals surface area contributed by atoms with Crippen molar-refractivity contribution in [1.82, 2.24) is 20.2 Å². The summed E-state index contributed by atoms with van der Waals surface area (Å²) in [5, 5.41) is 14.6. The predicted octanol–water partition coefficient (Wildman–Crippen LogP) is 4.17. The summed E-state index contributed by atoms with van der Waals surface area (Å²) in [6.07, 6.45) is 2.07. The van der Waals surface area contributed by atoms with Crippen LogP contribution in [-0.2, 0) is 22.7 Å². The minimum atomic E-state index is -0.696. The van der Waals surface area contributed by atoms with Crippen molar-refractivity contribution in [2.24, 2.45) is 5.92 Å². The van der Waals surface area contributed by atoms with Crippen LogP contribution in [0.4, 0.5) is 19.6 Å². The van der Waals surface area contributed by atoms with Gasteiger partial charge in [-0.2, -0.15) is 15.2 Å². The molecule has 234 valence electrons. The molecule has 8 rings (SSSR count). The number of hydrogen-bond acceptors (Lipinski definition) is 11. The van der Waals surface area contributed by atoms with Gasteiger partial charge < -0.3 is 30.2 Å². The molecule has 45 heavy (non-hydrogen) atoms. The lowest BCUT2D eigenvalue weighted by Gasteiger charge is -2.32. The Morgan fingerprint density at radius 1 is 1.18 bits per heavy atom. The highest BCUT2D eigenvalue weighted by molar-refractivity contribution is 7.23. The number of ether oxygens (including phenoxy) is 3. The SMILES string of the molecule is CN1CCOC[C@H]1COc1nc(N2CC3CCNCC2C3)c2c3c(c(-c4c(F)ccc5sc(N)c(C#N)c45)c(F)c2n1)COC3. The Hall–Kier alpha value is -3.67. The normalized spacial score (nSPS) is 23.4. The molecule has 2 aromatic heterocycles. The number of likely N-dealkylation sites (N-methyl/N-ethyl adjacent to an activating group) is 1. The summed E-state index contributed by atoms with van der Waals surface area (Å²) in [5.41, 5.74) is 7.66. The molecule has 0 saturated carbocycles. The van der Waals surface area contributed by atoms with E-state index in [2.05, 4.69) is 26.2 Å². The second-order valence-electron chi connectivity index (χ2n) is 12.4. The van der Waals surface area contributed by atoms with Crippen LogP contribution in [0.2, 0.25) is 0 Å². The van der Waals surface area contributed by atoms with Crippen LogP contribution >= 0.6 is 11.3 Å². The zero-order valence-corrected chi connectivity index (χ0v) is 25.7. The highest BCUT2D eigenvalue weighted by Crippen LogP contribution is 2.48. The number of nitrogens with one attached hydrogen (secondary N) is 1. The van der Waals surface area contributed by atoms with Crippen LogP contribution in [0, 0.1) is 28.9 Å². The van der Waals surface area contributed by atoms with Crippen LogP contribution in [0.25, 0.3) is 32.1 Å². The van der Waals surface area contributed by atoms with E-state index >= 15 is 8.78 Å². The third-order valence-corrected chi connectivity index (χ3v) is 10.7. The van der Waals surface area contributed by atoms with E-state index < -0.39 is 11.6 Å². The van der Waals surface area contributed by atoms with Crippen molar-refractivity contribution in [1.29, 1.82) is 5.26 Å². The third-order valence-electron chi connectivity index (χ3n) is 9.76. The molecule has 4 aliphatic rings. The zero-order chi connectivity index (χ0) is 30.8. The molecule has 4 aromatic rings. The summed E-state index contributed by atoms with van der Waals surface area (Å²) in [4.78, 5) is 14.0. The first-order valence-electron chi connectivity index (χ1n) is 15.3. The number of aromatic nitrogens is 2. The molecule has 2 bridgehead atoms. The van der Waals surface area contributed by atoms with E-state index in [0.29, 0.717) is 46.0 Å². The quantitative estimate of drug-likeness (QED) is 0.331. The molecule has 3 fully saturated rings. The van der Waals surface area contributed by atoms with Crippen molar-refractivity contribution >= 4 is 43.1 Å². The Bertz CT molecular complexity index is 1880. The van der Waals surface area contributed by atoms with Gasteiger partial charge in [0.15, 0.2) is 5.82 Å². The van der Waals surface area contributed by atoms with Gasteiger partial charge in [0.05, 0.1) is 43.4 Å². The van der Waals surface area contributed by atoms with Gasteiger partial charge in [-0.3, -0.25) is 4.90 Å². The molecule has 0 radical (unpaired) electrons. The van der Waals surface area contributed by atoms with Gasteiger partial charge in [-0.05, 0) is 55.6 Å². The lowest BCUT2D eigenvalue weighted by Crippen LogP contribution is -2.46. The molecule has 0 aliphatic carbocycles. The average Bonchev–Trinajstić information content (AvgIpc) is 3.70. The van der Waals surface area contributed by atoms with E-state index in [-0.39, 0.29) is 65.1 Å². The van der Waals surface area contributed by atoms with Crippen LogP contribution in [-0.4, -0.2) is 80.0 Å². The Morgan fingerprint density at radius 3 is 2.89 bits per heavy atom. The van der Waals surface area contributed by atoms with E-state index in [4.69, 9.17) is 24.9 Å². The van der Waals surface area contributed by atoms with Crippen LogP contribution in [0.3, 0.4) is 0 Å². The number of hydrogen-bond donors (Lipinski definition) is 2. The van der Waals surface area contributed by atoms with Crippen molar-refractivity contribution in [3.63, 3.8) is 0 Å². The van der Waals surface area contributed by atoms with Gasteiger partial charge in [0.25, 0.3) is 0 Å². The highest BCUT2D eigenvalue weighted by Gasteiger charge is 2.38. The van der Waals surface area contributed by atoms with E-state index in [9.17, 15) is 5.26 Å². The van der Waals surface area contributed by atoms with Crippen molar-refractivity contribution in [2.75, 3.05) is 63.7 Å². The van der Waals surface area contributed by atoms with Crippen LogP contribution < -0.4 is 20.7 Å². The smallest absolute Gasteiger partial charge is 0.319 e. The Labute approximate surface area is 262 Å². The molecule has 3 atom stereocenters. The maximum absolute atomic E-state index is 17.3. The van der Waals surface area contributed by atoms with Crippen molar-refractivity contribution in [2.45, 2.75) is 38.1 Å². The van der Waals surface area contributed by atoms with E-state index in [0.717, 1.165) is 44.6 Å². The summed E-state index contributed by atoms with van der Waals surface area (Å²) < 4.78 is 51.5. The number of nitrogens with two attached hydrogens (primary N) is 1. The number of morpholine rings is 1. The van der Waals surface area contributed by atoms with Gasteiger partial charge in [-0.15, -0.1) is 11.3 Å². The number of halogens is 2. The fourth-order valence-corrected chi connectivity index (χ4v) is 8.33. The van der Waals surface area contributed by atoms with Crippen LogP contribution in [0.1, 0.15) is 29.5 Å². The summed E-state index contributed by atoms with van der Waals surface area (Å²) in [6.45, 7) is 5.07. The van der Waals surface area contributed by atoms with Gasteiger partial charge >= 0.3 is 6.01 Å². The molecule has 13 heteroatoms. The van der Waals surface area contributed by atoms with Gasteiger partial charge in [0.1, 0.15) is 34.8 Å². The molecular weight excluding hydrogens is 600 g/mol. The third kappa shape index (κ3) is 4.70. The largest absolute Gasteiger partial charge is 0.462 e. The molecule has 3 saturated heterocycles. The molecule has 10 nitrogen and oxygen atoms in total. The fourth-order valence-electron chi connectivity index (χ4n) is 7.40. The summed E-state index contributed by atoms with van der Waals surface area (Å²) in [7, 11) is 2.01. The number of nitrogens with zero attached hydrogens (tertiary/aromatic N) is 5. The minimum absolute atomic E-state index is 0.000484. The molecule has 2 aromatic carbocycles. The first kappa shape index (κ1) is 28.8. The Balaban J connectivity index is 1.36. The van der Waals surface area contributed by atoms with Crippen molar-refractivity contribution in [3.8, 4) is 23.2 Å². The van der Waals surface area contributed by atoms with Crippen molar-refractivity contribution in [3.05, 3.63) is 40.5 Å². The lowest BCUT2D eigenvalue weighted by molar-refractivity contribution is -0.0119. The van der Waals surface area contributed by atoms with Crippen molar-refractivity contribution < 1.29 is 23.0 Å². The number of fused-ring (bicyclic) bond motifs is 6. The Kier molecular flexibility index (Phi) is 7.22. The molecule has 0 amide bonds. The Morgan fingerprint density at radius 2 is 2.04 bits per heavy atom. The number of nitriles is 1. The number of rotatable bonds is 5. The number of benzene rings is 2. The van der Waals surface area contributed by atoms with E-state index in [1.807, 2.05) is 7.05 Å². The monoisotopic (exact) mass is 633 g/mol. The molecule has 2 unspecified atom stereocenters. The van der Waals surface area contributed by atoms with Gasteiger partial charge in [0.2, 0.25) is 0 Å². The maximum Gasteiger partial charge on any atom is 0.319 e. The summed E-state index contributed by atoms with van der Waals surface area (Å²) in [5.74, 6) is -0.242. The van der Waals surface area contributed by atoms with Gasteiger partial charge in [-0.25, -0.2) is 8.78 Å². The zero-order valence-electron chi connectivity index (χ0n) is 24.9. The predicted molar refractivity (Wildman–Crippen MR) is 167 cm³/mol. The number of thiophene rings is 1. The van der Waals surface area contributed by atoms with Gasteiger partial charge in [-0.1, -0.05) is 0 Å². The number of anilines is 2. The topological polar surface area (TPSA) is 122 Å². The highest BCUT2D eigenvalue weighted by atomic mass is 32.1. The second-order valence-corrected chi connectivity index (χ2v) is 13.4. The first-order chi connectivity index (χ1) is 21.9. The minimum Gasteiger partial charge on any atom is -0.462 e. The standard InChI is InChI=1S/C32H33F2N7O3S/c1-40-6-7-42-12-18(40)13-44-32-38-29-26(31(39-32)41-11-16-4-5-37-10-17(41)8-16)21-15-43-14-20(21)25(28(29)34)27-22(33)2-3-23-24(27)19(9-35)30(36)45-23/h2-3,16-18,37H,4-8,10-15,36H2,1H3/t16?,17?,18-/m0/s1. The number of nitrogen functional groups attached to an aromatic ring is 1. The molecule has 4 aliphatic heterocycles. The summed E-state index contributed by atoms with van der Waals surface area (Å²) >= 11 is 1.18. The molecular formula is C32H33F2N7O3S. The lowest BCUT2D eigenvalue weighted by atomic mass is 9.90. The fraction of sp³-hybridized carbons (Fsp3) is 0.469. The van der Waals surface area contributed by atoms with E-state index in [1.54, 1.807) is 6.07 Å². The average molecular weight is 634 g/mol.